The Balaban J connectivity index is 1.98. The summed E-state index contributed by atoms with van der Waals surface area (Å²) in [7, 11) is 0. The number of nitrogens with zero attached hydrogens (tertiary/aromatic N) is 1. The number of para-hydroxylation sites is 1. The second-order valence-electron chi connectivity index (χ2n) is 3.70. The highest BCUT2D eigenvalue weighted by Gasteiger charge is 2.09. The molecule has 1 heterocycles. The van der Waals surface area contributed by atoms with E-state index in [2.05, 4.69) is 16.4 Å². The van der Waals surface area contributed by atoms with Crippen LogP contribution in [0, 0.1) is 0 Å². The third-order valence-corrected chi connectivity index (χ3v) is 4.74. The van der Waals surface area contributed by atoms with Crippen LogP contribution in [0.5, 0.6) is 0 Å². The Bertz CT molecular complexity index is 439. The summed E-state index contributed by atoms with van der Waals surface area (Å²) in [6, 6.07) is 8.31. The van der Waals surface area contributed by atoms with E-state index in [0.29, 0.717) is 0 Å². The highest BCUT2D eigenvalue weighted by atomic mass is 32.2. The first kappa shape index (κ1) is 12.8. The topological polar surface area (TPSA) is 45.1 Å². The molecule has 92 valence electrons. The van der Waals surface area contributed by atoms with E-state index in [4.69, 9.17) is 0 Å². The Labute approximate surface area is 109 Å². The molecule has 1 aromatic heterocycles. The molecule has 0 radical (unpaired) electrons. The normalized spacial score (nSPS) is 13.1. The van der Waals surface area contributed by atoms with E-state index >= 15 is 0 Å². The van der Waals surface area contributed by atoms with E-state index in [0.717, 1.165) is 22.2 Å². The number of benzene rings is 1. The molecule has 3 nitrogen and oxygen atoms in total. The molecule has 17 heavy (non-hydrogen) atoms. The summed E-state index contributed by atoms with van der Waals surface area (Å²) in [5, 5.41) is 12.4. The number of fused-ring (bicyclic) bond motifs is 1. The van der Waals surface area contributed by atoms with Crippen LogP contribution in [0.4, 0.5) is 0 Å². The summed E-state index contributed by atoms with van der Waals surface area (Å²) in [6.07, 6.45) is 0. The van der Waals surface area contributed by atoms with Gasteiger partial charge in [-0.05, 0) is 18.7 Å². The Hall–Kier alpha value is -0.620. The third-order valence-electron chi connectivity index (χ3n) is 2.40. The van der Waals surface area contributed by atoms with E-state index in [-0.39, 0.29) is 12.6 Å². The van der Waals surface area contributed by atoms with Gasteiger partial charge in [0.2, 0.25) is 0 Å². The van der Waals surface area contributed by atoms with Crippen molar-refractivity contribution < 1.29 is 5.11 Å². The van der Waals surface area contributed by atoms with Crippen molar-refractivity contribution in [1.82, 2.24) is 10.3 Å². The highest BCUT2D eigenvalue weighted by Crippen LogP contribution is 2.29. The number of aliphatic hydroxyl groups is 1. The summed E-state index contributed by atoms with van der Waals surface area (Å²) in [6.45, 7) is 3.10. The molecule has 0 amide bonds. The lowest BCUT2D eigenvalue weighted by Crippen LogP contribution is -2.34. The van der Waals surface area contributed by atoms with E-state index in [1.54, 1.807) is 23.1 Å². The molecule has 1 unspecified atom stereocenters. The van der Waals surface area contributed by atoms with Crippen molar-refractivity contribution in [3.8, 4) is 0 Å². The first-order valence-electron chi connectivity index (χ1n) is 5.66. The number of thioether (sulfide) groups is 1. The lowest BCUT2D eigenvalue weighted by Gasteiger charge is -2.12. The van der Waals surface area contributed by atoms with Gasteiger partial charge in [-0.15, -0.1) is 11.3 Å². The van der Waals surface area contributed by atoms with Gasteiger partial charge in [0.05, 0.1) is 16.8 Å². The van der Waals surface area contributed by atoms with Crippen molar-refractivity contribution in [1.29, 1.82) is 0 Å². The Kier molecular flexibility index (Phi) is 4.79. The van der Waals surface area contributed by atoms with E-state index in [9.17, 15) is 5.11 Å². The zero-order valence-corrected chi connectivity index (χ0v) is 11.4. The predicted molar refractivity (Wildman–Crippen MR) is 74.9 cm³/mol. The summed E-state index contributed by atoms with van der Waals surface area (Å²) in [4.78, 5) is 4.55. The Morgan fingerprint density at radius 1 is 1.47 bits per heavy atom. The average Bonchev–Trinajstić information content (AvgIpc) is 2.77. The second-order valence-corrected chi connectivity index (χ2v) is 5.99. The Morgan fingerprint density at radius 2 is 2.29 bits per heavy atom. The molecule has 0 saturated heterocycles. The van der Waals surface area contributed by atoms with Crippen molar-refractivity contribution in [3.63, 3.8) is 0 Å². The fourth-order valence-corrected chi connectivity index (χ4v) is 3.69. The third kappa shape index (κ3) is 3.42. The van der Waals surface area contributed by atoms with Crippen LogP contribution in [0.3, 0.4) is 0 Å². The number of hydrogen-bond donors (Lipinski definition) is 2. The van der Waals surface area contributed by atoms with Crippen LogP contribution >= 0.6 is 23.1 Å². The molecule has 5 heteroatoms. The zero-order chi connectivity index (χ0) is 12.1. The minimum atomic E-state index is 0.150. The molecule has 1 atom stereocenters. The summed E-state index contributed by atoms with van der Waals surface area (Å²) in [5.74, 6) is 0.851. The van der Waals surface area contributed by atoms with Gasteiger partial charge in [-0.3, -0.25) is 0 Å². The maximum absolute atomic E-state index is 9.18. The van der Waals surface area contributed by atoms with Crippen molar-refractivity contribution in [2.24, 2.45) is 0 Å². The molecule has 0 saturated carbocycles. The van der Waals surface area contributed by atoms with Crippen LogP contribution < -0.4 is 5.32 Å². The van der Waals surface area contributed by atoms with Gasteiger partial charge in [0.1, 0.15) is 0 Å². The molecule has 0 aliphatic heterocycles. The van der Waals surface area contributed by atoms with E-state index in [1.165, 1.54) is 4.70 Å². The average molecular weight is 268 g/mol. The van der Waals surface area contributed by atoms with Gasteiger partial charge < -0.3 is 10.4 Å². The number of hydrogen-bond acceptors (Lipinski definition) is 5. The summed E-state index contributed by atoms with van der Waals surface area (Å²) >= 11 is 3.41. The van der Waals surface area contributed by atoms with Gasteiger partial charge in [-0.1, -0.05) is 30.8 Å². The lowest BCUT2D eigenvalue weighted by molar-refractivity contribution is 0.255. The van der Waals surface area contributed by atoms with Gasteiger partial charge in [0.15, 0.2) is 4.34 Å². The fourth-order valence-electron chi connectivity index (χ4n) is 1.55. The van der Waals surface area contributed by atoms with Gasteiger partial charge in [-0.25, -0.2) is 4.98 Å². The number of rotatable bonds is 6. The van der Waals surface area contributed by atoms with Gasteiger partial charge in [0.25, 0.3) is 0 Å². The summed E-state index contributed by atoms with van der Waals surface area (Å²) in [5.41, 5.74) is 1.06. The number of aromatic nitrogens is 1. The monoisotopic (exact) mass is 268 g/mol. The van der Waals surface area contributed by atoms with Crippen molar-refractivity contribution in [3.05, 3.63) is 24.3 Å². The SMILES string of the molecule is CCNC(CO)CSc1nc2ccccc2s1. The van der Waals surface area contributed by atoms with Gasteiger partial charge in [0, 0.05) is 11.8 Å². The van der Waals surface area contributed by atoms with Crippen molar-refractivity contribution >= 4 is 33.3 Å². The molecular formula is C12H16N2OS2. The van der Waals surface area contributed by atoms with Gasteiger partial charge >= 0.3 is 0 Å². The standard InChI is InChI=1S/C12H16N2OS2/c1-2-13-9(7-15)8-16-12-14-10-5-3-4-6-11(10)17-12/h3-6,9,13,15H,2,7-8H2,1H3. The number of aliphatic hydroxyl groups excluding tert-OH is 1. The number of thiazole rings is 1. The Morgan fingerprint density at radius 3 is 3.00 bits per heavy atom. The quantitative estimate of drug-likeness (QED) is 0.790. The van der Waals surface area contributed by atoms with Crippen molar-refractivity contribution in [2.45, 2.75) is 17.3 Å². The van der Waals surface area contributed by atoms with E-state index < -0.39 is 0 Å². The van der Waals surface area contributed by atoms with E-state index in [1.807, 2.05) is 25.1 Å². The van der Waals surface area contributed by atoms with Crippen LogP contribution in [0.2, 0.25) is 0 Å². The molecule has 2 aromatic rings. The summed E-state index contributed by atoms with van der Waals surface area (Å²) < 4.78 is 2.29. The fraction of sp³-hybridized carbons (Fsp3) is 0.417. The number of nitrogens with one attached hydrogen (secondary N) is 1. The lowest BCUT2D eigenvalue weighted by atomic mass is 10.3. The van der Waals surface area contributed by atoms with Crippen molar-refractivity contribution in [2.75, 3.05) is 18.9 Å². The van der Waals surface area contributed by atoms with Crippen LogP contribution in [0.25, 0.3) is 10.2 Å². The van der Waals surface area contributed by atoms with Crippen LogP contribution in [-0.2, 0) is 0 Å². The van der Waals surface area contributed by atoms with Crippen LogP contribution in [0.1, 0.15) is 6.92 Å². The minimum Gasteiger partial charge on any atom is -0.395 e. The second kappa shape index (κ2) is 6.35. The zero-order valence-electron chi connectivity index (χ0n) is 9.72. The largest absolute Gasteiger partial charge is 0.395 e. The maximum Gasteiger partial charge on any atom is 0.151 e. The molecule has 0 spiro atoms. The van der Waals surface area contributed by atoms with Gasteiger partial charge in [-0.2, -0.15) is 0 Å². The molecule has 0 bridgehead atoms. The first-order valence-corrected chi connectivity index (χ1v) is 7.46. The number of likely N-dealkylation sites (N-methyl/N-ethyl adjacent to an activating group) is 1. The van der Waals surface area contributed by atoms with Crippen LogP contribution in [0.15, 0.2) is 28.6 Å². The molecule has 0 fully saturated rings. The molecule has 2 N–H and O–H groups in total. The predicted octanol–water partition coefficient (Wildman–Crippen LogP) is 2.36. The smallest absolute Gasteiger partial charge is 0.151 e. The van der Waals surface area contributed by atoms with Crippen LogP contribution in [-0.4, -0.2) is 35.0 Å². The minimum absolute atomic E-state index is 0.150. The molecule has 1 aromatic carbocycles. The maximum atomic E-state index is 9.18. The molecule has 0 aliphatic rings. The molecule has 0 aliphatic carbocycles. The first-order chi connectivity index (χ1) is 8.33. The molecular weight excluding hydrogens is 252 g/mol. The molecule has 2 rings (SSSR count). The highest BCUT2D eigenvalue weighted by molar-refractivity contribution is 8.01.